The second kappa shape index (κ2) is 5.20. The number of carbonyl (C=O) groups is 1. The first-order chi connectivity index (χ1) is 8.39. The van der Waals surface area contributed by atoms with E-state index < -0.39 is 5.60 Å². The van der Waals surface area contributed by atoms with Crippen LogP contribution >= 0.6 is 0 Å². The highest BCUT2D eigenvalue weighted by molar-refractivity contribution is 5.76. The van der Waals surface area contributed by atoms with Gasteiger partial charge in [0.2, 0.25) is 5.91 Å². The summed E-state index contributed by atoms with van der Waals surface area (Å²) in [6.07, 6.45) is 8.04. The Kier molecular flexibility index (Phi) is 4.00. The van der Waals surface area contributed by atoms with Gasteiger partial charge in [0, 0.05) is 13.0 Å². The average molecular weight is 253 g/mol. The molecule has 3 heteroatoms. The van der Waals surface area contributed by atoms with Crippen LogP contribution in [-0.4, -0.2) is 23.2 Å². The second-order valence-electron chi connectivity index (χ2n) is 7.17. The van der Waals surface area contributed by atoms with Crippen molar-refractivity contribution < 1.29 is 9.90 Å². The van der Waals surface area contributed by atoms with Crippen molar-refractivity contribution in [1.82, 2.24) is 5.32 Å². The van der Waals surface area contributed by atoms with E-state index in [1.165, 1.54) is 19.3 Å². The van der Waals surface area contributed by atoms with Crippen LogP contribution in [0.1, 0.15) is 65.2 Å². The molecule has 0 saturated heterocycles. The van der Waals surface area contributed by atoms with Crippen molar-refractivity contribution in [2.75, 3.05) is 6.54 Å². The predicted octanol–water partition coefficient (Wildman–Crippen LogP) is 2.62. The van der Waals surface area contributed by atoms with Crippen molar-refractivity contribution in [3.05, 3.63) is 0 Å². The number of aliphatic hydroxyl groups is 1. The highest BCUT2D eigenvalue weighted by Crippen LogP contribution is 2.39. The largest absolute Gasteiger partial charge is 0.388 e. The molecule has 0 aliphatic heterocycles. The van der Waals surface area contributed by atoms with Crippen molar-refractivity contribution in [3.8, 4) is 0 Å². The summed E-state index contributed by atoms with van der Waals surface area (Å²) in [5.41, 5.74) is -0.313. The molecular weight excluding hydrogens is 226 g/mol. The molecule has 2 aliphatic rings. The van der Waals surface area contributed by atoms with Crippen molar-refractivity contribution in [2.45, 2.75) is 70.8 Å². The van der Waals surface area contributed by atoms with Gasteiger partial charge in [-0.05, 0) is 49.9 Å². The van der Waals surface area contributed by atoms with E-state index in [4.69, 9.17) is 0 Å². The second-order valence-corrected chi connectivity index (χ2v) is 7.17. The third-order valence-electron chi connectivity index (χ3n) is 4.85. The van der Waals surface area contributed by atoms with Crippen molar-refractivity contribution >= 4 is 5.91 Å². The van der Waals surface area contributed by atoms with Crippen molar-refractivity contribution in [2.24, 2.45) is 11.3 Å². The third-order valence-corrected chi connectivity index (χ3v) is 4.85. The Morgan fingerprint density at radius 3 is 2.33 bits per heavy atom. The van der Waals surface area contributed by atoms with E-state index in [1.54, 1.807) is 0 Å². The summed E-state index contributed by atoms with van der Waals surface area (Å²) in [5, 5.41) is 13.4. The molecule has 0 spiro atoms. The Hall–Kier alpha value is -0.570. The maximum Gasteiger partial charge on any atom is 0.220 e. The molecule has 2 rings (SSSR count). The molecule has 3 nitrogen and oxygen atoms in total. The lowest BCUT2D eigenvalue weighted by molar-refractivity contribution is -0.124. The molecule has 0 radical (unpaired) electrons. The molecule has 0 aromatic carbocycles. The minimum Gasteiger partial charge on any atom is -0.388 e. The molecule has 18 heavy (non-hydrogen) atoms. The first kappa shape index (κ1) is 13.9. The minimum atomic E-state index is -0.662. The number of hydrogen-bond donors (Lipinski definition) is 2. The Morgan fingerprint density at radius 1 is 1.22 bits per heavy atom. The zero-order chi connectivity index (χ0) is 13.2. The van der Waals surface area contributed by atoms with Gasteiger partial charge in [-0.15, -0.1) is 0 Å². The average Bonchev–Trinajstić information content (AvgIpc) is 2.26. The van der Waals surface area contributed by atoms with Crippen molar-refractivity contribution in [1.29, 1.82) is 0 Å². The van der Waals surface area contributed by atoms with E-state index in [0.717, 1.165) is 25.7 Å². The van der Waals surface area contributed by atoms with Gasteiger partial charge < -0.3 is 10.4 Å². The Labute approximate surface area is 110 Å². The first-order valence-electron chi connectivity index (χ1n) is 7.38. The monoisotopic (exact) mass is 253 g/mol. The Balaban J connectivity index is 1.70. The number of nitrogens with one attached hydrogen (secondary N) is 1. The molecule has 2 aliphatic carbocycles. The van der Waals surface area contributed by atoms with Crippen LogP contribution in [0.25, 0.3) is 0 Å². The van der Waals surface area contributed by atoms with Crippen LogP contribution in [-0.2, 0) is 4.79 Å². The van der Waals surface area contributed by atoms with Crippen molar-refractivity contribution in [3.63, 3.8) is 0 Å². The SMILES string of the molecule is CC1(C)CCC(O)(CNC(=O)CC2CCC2)CC1. The van der Waals surface area contributed by atoms with Crippen LogP contribution in [0.15, 0.2) is 0 Å². The molecule has 104 valence electrons. The van der Waals surface area contributed by atoms with Gasteiger partial charge in [-0.2, -0.15) is 0 Å². The highest BCUT2D eigenvalue weighted by atomic mass is 16.3. The van der Waals surface area contributed by atoms with Gasteiger partial charge in [-0.25, -0.2) is 0 Å². The van der Waals surface area contributed by atoms with Crippen LogP contribution in [0.4, 0.5) is 0 Å². The highest BCUT2D eigenvalue weighted by Gasteiger charge is 2.36. The van der Waals surface area contributed by atoms with Gasteiger partial charge in [0.1, 0.15) is 0 Å². The summed E-state index contributed by atoms with van der Waals surface area (Å²) in [6, 6.07) is 0. The Morgan fingerprint density at radius 2 is 1.83 bits per heavy atom. The van der Waals surface area contributed by atoms with E-state index in [0.29, 0.717) is 24.3 Å². The van der Waals surface area contributed by atoms with E-state index in [1.807, 2.05) is 0 Å². The zero-order valence-corrected chi connectivity index (χ0v) is 11.8. The maximum absolute atomic E-state index is 11.7. The van der Waals surface area contributed by atoms with E-state index in [-0.39, 0.29) is 5.91 Å². The fourth-order valence-electron chi connectivity index (χ4n) is 2.86. The molecule has 0 unspecified atom stereocenters. The molecule has 0 bridgehead atoms. The summed E-state index contributed by atoms with van der Waals surface area (Å²) < 4.78 is 0. The van der Waals surface area contributed by atoms with Crippen LogP contribution < -0.4 is 5.32 Å². The van der Waals surface area contributed by atoms with E-state index in [9.17, 15) is 9.90 Å². The third kappa shape index (κ3) is 3.71. The summed E-state index contributed by atoms with van der Waals surface area (Å²) >= 11 is 0. The topological polar surface area (TPSA) is 49.3 Å². The summed E-state index contributed by atoms with van der Waals surface area (Å²) in [6.45, 7) is 4.94. The number of carbonyl (C=O) groups excluding carboxylic acids is 1. The van der Waals surface area contributed by atoms with Gasteiger partial charge in [-0.1, -0.05) is 20.3 Å². The summed E-state index contributed by atoms with van der Waals surface area (Å²) in [5.74, 6) is 0.725. The molecule has 2 N–H and O–H groups in total. The molecule has 0 aromatic heterocycles. The number of amides is 1. The van der Waals surface area contributed by atoms with Crippen LogP contribution in [0, 0.1) is 11.3 Å². The molecule has 0 heterocycles. The molecule has 1 amide bonds. The normalized spacial score (nSPS) is 26.4. The van der Waals surface area contributed by atoms with Gasteiger partial charge in [0.25, 0.3) is 0 Å². The first-order valence-corrected chi connectivity index (χ1v) is 7.38. The molecule has 0 aromatic rings. The fraction of sp³-hybridized carbons (Fsp3) is 0.933. The quantitative estimate of drug-likeness (QED) is 0.809. The molecule has 2 fully saturated rings. The number of hydrogen-bond acceptors (Lipinski definition) is 2. The minimum absolute atomic E-state index is 0.123. The zero-order valence-electron chi connectivity index (χ0n) is 11.8. The predicted molar refractivity (Wildman–Crippen MR) is 72.2 cm³/mol. The van der Waals surface area contributed by atoms with E-state index in [2.05, 4.69) is 19.2 Å². The van der Waals surface area contributed by atoms with Crippen LogP contribution in [0.2, 0.25) is 0 Å². The lowest BCUT2D eigenvalue weighted by atomic mass is 9.71. The molecule has 2 saturated carbocycles. The smallest absolute Gasteiger partial charge is 0.220 e. The van der Waals surface area contributed by atoms with Gasteiger partial charge in [-0.3, -0.25) is 4.79 Å². The summed E-state index contributed by atoms with van der Waals surface area (Å²) in [4.78, 5) is 11.7. The van der Waals surface area contributed by atoms with Gasteiger partial charge in [0.15, 0.2) is 0 Å². The van der Waals surface area contributed by atoms with E-state index >= 15 is 0 Å². The van der Waals surface area contributed by atoms with Gasteiger partial charge >= 0.3 is 0 Å². The molecule has 0 atom stereocenters. The lowest BCUT2D eigenvalue weighted by Crippen LogP contribution is -2.46. The lowest BCUT2D eigenvalue weighted by Gasteiger charge is -2.40. The standard InChI is InChI=1S/C15H27NO2/c1-14(2)6-8-15(18,9-7-14)11-16-13(17)10-12-4-3-5-12/h12,18H,3-11H2,1-2H3,(H,16,17). The fourth-order valence-corrected chi connectivity index (χ4v) is 2.86. The Bertz CT molecular complexity index is 298. The van der Waals surface area contributed by atoms with Crippen LogP contribution in [0.5, 0.6) is 0 Å². The molecular formula is C15H27NO2. The summed E-state index contributed by atoms with van der Waals surface area (Å²) in [7, 11) is 0. The maximum atomic E-state index is 11.7. The number of rotatable bonds is 4. The van der Waals surface area contributed by atoms with Gasteiger partial charge in [0.05, 0.1) is 5.60 Å². The van der Waals surface area contributed by atoms with Crippen LogP contribution in [0.3, 0.4) is 0 Å².